The standard InChI is InChI=1S/C3H9P.Pd/c1-4(2)3;/h1-3H3;. The molecule has 0 saturated heterocycles. The van der Waals surface area contributed by atoms with Crippen LogP contribution in [0.15, 0.2) is 0 Å². The molecule has 36 valence electrons. The van der Waals surface area contributed by atoms with E-state index < -0.39 is 0 Å². The van der Waals surface area contributed by atoms with E-state index in [1.54, 1.807) is 0 Å². The molecular formula is C3H9PPd. The molecule has 2 heteroatoms. The minimum atomic E-state index is 0. The van der Waals surface area contributed by atoms with E-state index in [0.717, 1.165) is 0 Å². The van der Waals surface area contributed by atoms with Gasteiger partial charge in [0.2, 0.25) is 0 Å². The average molecular weight is 182 g/mol. The van der Waals surface area contributed by atoms with Gasteiger partial charge in [0.05, 0.1) is 0 Å². The Hall–Kier alpha value is 1.09. The molecule has 0 aliphatic heterocycles. The summed E-state index contributed by atoms with van der Waals surface area (Å²) in [5, 5.41) is 0. The van der Waals surface area contributed by atoms with Crippen LogP contribution in [0.25, 0.3) is 0 Å². The smallest absolute Gasteiger partial charge is 0 e. The zero-order chi connectivity index (χ0) is 3.58. The monoisotopic (exact) mass is 182 g/mol. The summed E-state index contributed by atoms with van der Waals surface area (Å²) < 4.78 is 0. The normalized spacial score (nSPS) is 7.20. The summed E-state index contributed by atoms with van der Waals surface area (Å²) in [6.45, 7) is 6.69. The Balaban J connectivity index is 0. The van der Waals surface area contributed by atoms with Crippen molar-refractivity contribution < 1.29 is 20.4 Å². The predicted octanol–water partition coefficient (Wildman–Crippen LogP) is 1.36. The molecule has 0 fully saturated rings. The molecule has 0 nitrogen and oxygen atoms in total. The van der Waals surface area contributed by atoms with E-state index in [1.165, 1.54) is 0 Å². The van der Waals surface area contributed by atoms with Crippen molar-refractivity contribution in [3.8, 4) is 0 Å². The Morgan fingerprint density at radius 1 is 1.00 bits per heavy atom. The van der Waals surface area contributed by atoms with Crippen LogP contribution in [0.4, 0.5) is 0 Å². The van der Waals surface area contributed by atoms with Gasteiger partial charge in [0.25, 0.3) is 0 Å². The van der Waals surface area contributed by atoms with Crippen LogP contribution < -0.4 is 0 Å². The van der Waals surface area contributed by atoms with Crippen molar-refractivity contribution in [1.29, 1.82) is 0 Å². The summed E-state index contributed by atoms with van der Waals surface area (Å²) in [5.41, 5.74) is 0. The maximum absolute atomic E-state index is 2.23. The van der Waals surface area contributed by atoms with Crippen LogP contribution in [0, 0.1) is 0 Å². The fraction of sp³-hybridized carbons (Fsp3) is 1.00. The summed E-state index contributed by atoms with van der Waals surface area (Å²) in [6, 6.07) is 0. The quantitative estimate of drug-likeness (QED) is 0.392. The van der Waals surface area contributed by atoms with E-state index in [4.69, 9.17) is 0 Å². The first-order valence-corrected chi connectivity index (χ1v) is 4.02. The van der Waals surface area contributed by atoms with Crippen molar-refractivity contribution >= 4 is 7.92 Å². The Labute approximate surface area is 48.7 Å². The molecule has 0 aromatic heterocycles. The van der Waals surface area contributed by atoms with E-state index in [-0.39, 0.29) is 20.4 Å². The van der Waals surface area contributed by atoms with E-state index in [2.05, 4.69) is 20.0 Å². The fourth-order valence-corrected chi connectivity index (χ4v) is 0. The van der Waals surface area contributed by atoms with Gasteiger partial charge >= 0.3 is 0 Å². The number of hydrogen-bond donors (Lipinski definition) is 0. The molecular weight excluding hydrogens is 173 g/mol. The van der Waals surface area contributed by atoms with Crippen LogP contribution in [0.2, 0.25) is 0 Å². The van der Waals surface area contributed by atoms with Crippen molar-refractivity contribution in [2.75, 3.05) is 20.0 Å². The molecule has 0 radical (unpaired) electrons. The van der Waals surface area contributed by atoms with Crippen LogP contribution in [0.5, 0.6) is 0 Å². The molecule has 0 aliphatic carbocycles. The SMILES string of the molecule is CP(C)C.[Pd]. The third kappa shape index (κ3) is 40.8. The summed E-state index contributed by atoms with van der Waals surface area (Å²) >= 11 is 0. The zero-order valence-corrected chi connectivity index (χ0v) is 6.21. The van der Waals surface area contributed by atoms with Crippen LogP contribution in [-0.2, 0) is 20.4 Å². The maximum Gasteiger partial charge on any atom is 0 e. The van der Waals surface area contributed by atoms with Gasteiger partial charge in [0, 0.05) is 20.4 Å². The molecule has 0 spiro atoms. The summed E-state index contributed by atoms with van der Waals surface area (Å²) in [7, 11) is 0.380. The third-order valence-electron chi connectivity index (χ3n) is 0. The molecule has 0 aromatic carbocycles. The van der Waals surface area contributed by atoms with Crippen molar-refractivity contribution in [3.63, 3.8) is 0 Å². The average Bonchev–Trinajstić information content (AvgIpc) is 0.811. The molecule has 0 rings (SSSR count). The van der Waals surface area contributed by atoms with Crippen molar-refractivity contribution in [1.82, 2.24) is 0 Å². The molecule has 0 amide bonds. The maximum atomic E-state index is 2.23. The van der Waals surface area contributed by atoms with Gasteiger partial charge in [-0.05, 0) is 20.0 Å². The Morgan fingerprint density at radius 3 is 1.00 bits per heavy atom. The molecule has 0 unspecified atom stereocenters. The Morgan fingerprint density at radius 2 is 1.00 bits per heavy atom. The van der Waals surface area contributed by atoms with Gasteiger partial charge < -0.3 is 0 Å². The van der Waals surface area contributed by atoms with Gasteiger partial charge in [-0.25, -0.2) is 0 Å². The number of hydrogen-bond acceptors (Lipinski definition) is 0. The molecule has 0 aliphatic rings. The fourth-order valence-electron chi connectivity index (χ4n) is 0. The largest absolute Gasteiger partial charge is 0.116 e. The zero-order valence-electron chi connectivity index (χ0n) is 3.76. The first kappa shape index (κ1) is 9.43. The molecule has 0 atom stereocenters. The molecule has 0 saturated carbocycles. The van der Waals surface area contributed by atoms with Crippen LogP contribution in [-0.4, -0.2) is 20.0 Å². The van der Waals surface area contributed by atoms with Crippen LogP contribution in [0.1, 0.15) is 0 Å². The van der Waals surface area contributed by atoms with Gasteiger partial charge in [-0.15, -0.1) is 7.92 Å². The Bertz CT molecular complexity index is 11.6. The van der Waals surface area contributed by atoms with Crippen LogP contribution >= 0.6 is 7.92 Å². The first-order chi connectivity index (χ1) is 1.73. The van der Waals surface area contributed by atoms with Crippen molar-refractivity contribution in [3.05, 3.63) is 0 Å². The first-order valence-electron chi connectivity index (χ1n) is 1.34. The van der Waals surface area contributed by atoms with Gasteiger partial charge in [-0.2, -0.15) is 0 Å². The van der Waals surface area contributed by atoms with E-state index in [9.17, 15) is 0 Å². The molecule has 0 N–H and O–H groups in total. The van der Waals surface area contributed by atoms with Crippen LogP contribution in [0.3, 0.4) is 0 Å². The predicted molar refractivity (Wildman–Crippen MR) is 24.7 cm³/mol. The Kier molecular flexibility index (Phi) is 9.61. The van der Waals surface area contributed by atoms with E-state index in [1.807, 2.05) is 0 Å². The molecule has 0 bridgehead atoms. The second-order valence-corrected chi connectivity index (χ2v) is 4.02. The van der Waals surface area contributed by atoms with Crippen molar-refractivity contribution in [2.45, 2.75) is 0 Å². The molecule has 0 aromatic rings. The van der Waals surface area contributed by atoms with Gasteiger partial charge in [0.15, 0.2) is 0 Å². The number of rotatable bonds is 0. The van der Waals surface area contributed by atoms with Crippen molar-refractivity contribution in [2.24, 2.45) is 0 Å². The molecule has 5 heavy (non-hydrogen) atoms. The third-order valence-corrected chi connectivity index (χ3v) is 0. The minimum Gasteiger partial charge on any atom is -0.116 e. The summed E-state index contributed by atoms with van der Waals surface area (Å²) in [4.78, 5) is 0. The van der Waals surface area contributed by atoms with Gasteiger partial charge in [-0.1, -0.05) is 0 Å². The minimum absolute atomic E-state index is 0. The summed E-state index contributed by atoms with van der Waals surface area (Å²) in [6.07, 6.45) is 0. The second-order valence-electron chi connectivity index (χ2n) is 1.34. The van der Waals surface area contributed by atoms with E-state index >= 15 is 0 Å². The summed E-state index contributed by atoms with van der Waals surface area (Å²) in [5.74, 6) is 0. The second kappa shape index (κ2) is 5.09. The van der Waals surface area contributed by atoms with E-state index in [0.29, 0.717) is 7.92 Å². The molecule has 0 heterocycles. The topological polar surface area (TPSA) is 0 Å². The van der Waals surface area contributed by atoms with Gasteiger partial charge in [0.1, 0.15) is 0 Å². The van der Waals surface area contributed by atoms with Gasteiger partial charge in [-0.3, -0.25) is 0 Å².